The quantitative estimate of drug-likeness (QED) is 0.858. The predicted octanol–water partition coefficient (Wildman–Crippen LogP) is 2.73. The molecule has 2 atom stereocenters. The number of anilines is 1. The van der Waals surface area contributed by atoms with Gasteiger partial charge in [-0.05, 0) is 37.7 Å². The number of rotatable bonds is 5. The van der Waals surface area contributed by atoms with Gasteiger partial charge in [-0.2, -0.15) is 0 Å². The molecule has 0 radical (unpaired) electrons. The van der Waals surface area contributed by atoms with Crippen LogP contribution in [-0.4, -0.2) is 29.9 Å². The summed E-state index contributed by atoms with van der Waals surface area (Å²) in [5.41, 5.74) is 2.20. The van der Waals surface area contributed by atoms with Crippen LogP contribution >= 0.6 is 0 Å². The van der Waals surface area contributed by atoms with Crippen molar-refractivity contribution >= 4 is 5.69 Å². The van der Waals surface area contributed by atoms with E-state index in [1.54, 1.807) is 0 Å². The molecule has 1 aromatic rings. The van der Waals surface area contributed by atoms with E-state index < -0.39 is 0 Å². The molecule has 1 aliphatic rings. The molecule has 0 spiro atoms. The van der Waals surface area contributed by atoms with Crippen molar-refractivity contribution in [1.82, 2.24) is 0 Å². The Morgan fingerprint density at radius 1 is 1.37 bits per heavy atom. The summed E-state index contributed by atoms with van der Waals surface area (Å²) < 4.78 is 0. The molecule has 3 nitrogen and oxygen atoms in total. The minimum atomic E-state index is -0.380. The lowest BCUT2D eigenvalue weighted by Crippen LogP contribution is -2.36. The van der Waals surface area contributed by atoms with Gasteiger partial charge in [0.15, 0.2) is 0 Å². The normalized spacial score (nSPS) is 21.4. The van der Waals surface area contributed by atoms with E-state index in [2.05, 4.69) is 11.0 Å². The maximum Gasteiger partial charge on any atom is 0.0807 e. The molecule has 0 bridgehead atoms. The number of hydrogen-bond acceptors (Lipinski definition) is 3. The van der Waals surface area contributed by atoms with E-state index in [-0.39, 0.29) is 12.7 Å². The molecule has 106 valence electrons. The van der Waals surface area contributed by atoms with Gasteiger partial charge in [0.05, 0.1) is 6.10 Å². The van der Waals surface area contributed by atoms with Crippen LogP contribution in [0.3, 0.4) is 0 Å². The van der Waals surface area contributed by atoms with E-state index in [9.17, 15) is 5.11 Å². The van der Waals surface area contributed by atoms with Crippen molar-refractivity contribution in [2.75, 3.05) is 24.6 Å². The van der Waals surface area contributed by atoms with Crippen LogP contribution in [0.25, 0.3) is 0 Å². The molecular formula is C16H25NO2. The van der Waals surface area contributed by atoms with Crippen LogP contribution in [0.4, 0.5) is 5.69 Å². The number of hydrogen-bond donors (Lipinski definition) is 2. The molecule has 0 aliphatic carbocycles. The average Bonchev–Trinajstić information content (AvgIpc) is 2.47. The minimum Gasteiger partial charge on any atom is -0.396 e. The highest BCUT2D eigenvalue weighted by Crippen LogP contribution is 2.31. The van der Waals surface area contributed by atoms with Crippen molar-refractivity contribution in [3.8, 4) is 0 Å². The number of piperidine rings is 1. The van der Waals surface area contributed by atoms with Gasteiger partial charge in [-0.1, -0.05) is 25.1 Å². The fraction of sp³-hybridized carbons (Fsp3) is 0.625. The lowest BCUT2D eigenvalue weighted by molar-refractivity contribution is 0.173. The van der Waals surface area contributed by atoms with Gasteiger partial charge < -0.3 is 15.1 Å². The first-order chi connectivity index (χ1) is 9.26. The molecule has 2 unspecified atom stereocenters. The first-order valence-corrected chi connectivity index (χ1v) is 7.39. The standard InChI is InChI=1S/C16H25NO2/c1-2-16(19)14-7-3-4-8-15(14)17-10-5-6-13(12-17)9-11-18/h3-4,7-8,13,16,18-19H,2,5-6,9-12H2,1H3. The summed E-state index contributed by atoms with van der Waals surface area (Å²) in [7, 11) is 0. The highest BCUT2D eigenvalue weighted by Gasteiger charge is 2.22. The van der Waals surface area contributed by atoms with Crippen molar-refractivity contribution in [2.24, 2.45) is 5.92 Å². The van der Waals surface area contributed by atoms with Crippen LogP contribution in [0.1, 0.15) is 44.3 Å². The first-order valence-electron chi connectivity index (χ1n) is 7.39. The lowest BCUT2D eigenvalue weighted by atomic mass is 9.93. The Bertz CT molecular complexity index is 392. The van der Waals surface area contributed by atoms with Gasteiger partial charge >= 0.3 is 0 Å². The van der Waals surface area contributed by atoms with E-state index in [0.29, 0.717) is 5.92 Å². The molecule has 3 heteroatoms. The second-order valence-electron chi connectivity index (χ2n) is 5.45. The largest absolute Gasteiger partial charge is 0.396 e. The molecule has 0 amide bonds. The highest BCUT2D eigenvalue weighted by molar-refractivity contribution is 5.55. The summed E-state index contributed by atoms with van der Waals surface area (Å²) in [6, 6.07) is 8.17. The topological polar surface area (TPSA) is 43.7 Å². The highest BCUT2D eigenvalue weighted by atomic mass is 16.3. The third kappa shape index (κ3) is 3.48. The Labute approximate surface area is 115 Å². The summed E-state index contributed by atoms with van der Waals surface area (Å²) in [5, 5.41) is 19.2. The zero-order valence-corrected chi connectivity index (χ0v) is 11.8. The first kappa shape index (κ1) is 14.4. The van der Waals surface area contributed by atoms with Crippen molar-refractivity contribution in [3.05, 3.63) is 29.8 Å². The van der Waals surface area contributed by atoms with Crippen molar-refractivity contribution < 1.29 is 10.2 Å². The van der Waals surface area contributed by atoms with Crippen LogP contribution in [-0.2, 0) is 0 Å². The second-order valence-corrected chi connectivity index (χ2v) is 5.45. The van der Waals surface area contributed by atoms with E-state index in [4.69, 9.17) is 5.11 Å². The molecule has 0 aromatic heterocycles. The Balaban J connectivity index is 2.16. The van der Waals surface area contributed by atoms with Gasteiger partial charge in [-0.25, -0.2) is 0 Å². The maximum absolute atomic E-state index is 10.1. The monoisotopic (exact) mass is 263 g/mol. The van der Waals surface area contributed by atoms with Crippen molar-refractivity contribution in [1.29, 1.82) is 0 Å². The molecular weight excluding hydrogens is 238 g/mol. The zero-order valence-electron chi connectivity index (χ0n) is 11.8. The Morgan fingerprint density at radius 2 is 2.16 bits per heavy atom. The third-order valence-electron chi connectivity index (χ3n) is 4.08. The number of aliphatic hydroxyl groups excluding tert-OH is 2. The summed E-state index contributed by atoms with van der Waals surface area (Å²) >= 11 is 0. The zero-order chi connectivity index (χ0) is 13.7. The van der Waals surface area contributed by atoms with E-state index >= 15 is 0 Å². The molecule has 1 saturated heterocycles. The minimum absolute atomic E-state index is 0.276. The van der Waals surface area contributed by atoms with Gasteiger partial charge in [-0.15, -0.1) is 0 Å². The molecule has 0 saturated carbocycles. The smallest absolute Gasteiger partial charge is 0.0807 e. The van der Waals surface area contributed by atoms with Crippen molar-refractivity contribution in [2.45, 2.75) is 38.7 Å². The van der Waals surface area contributed by atoms with Gasteiger partial charge in [0.1, 0.15) is 0 Å². The summed E-state index contributed by atoms with van der Waals surface area (Å²) in [6.07, 6.45) is 3.62. The number of para-hydroxylation sites is 1. The molecule has 1 aliphatic heterocycles. The molecule has 1 fully saturated rings. The Morgan fingerprint density at radius 3 is 2.89 bits per heavy atom. The molecule has 2 N–H and O–H groups in total. The van der Waals surface area contributed by atoms with Crippen molar-refractivity contribution in [3.63, 3.8) is 0 Å². The average molecular weight is 263 g/mol. The third-order valence-corrected chi connectivity index (χ3v) is 4.08. The van der Waals surface area contributed by atoms with E-state index in [1.165, 1.54) is 18.5 Å². The number of aliphatic hydroxyl groups is 2. The summed E-state index contributed by atoms with van der Waals surface area (Å²) in [5.74, 6) is 0.575. The summed E-state index contributed by atoms with van der Waals surface area (Å²) in [6.45, 7) is 4.33. The van der Waals surface area contributed by atoms with E-state index in [1.807, 2.05) is 25.1 Å². The van der Waals surface area contributed by atoms with Crippen LogP contribution in [0, 0.1) is 5.92 Å². The van der Waals surface area contributed by atoms with Gasteiger partial charge in [0.25, 0.3) is 0 Å². The van der Waals surface area contributed by atoms with Crippen LogP contribution in [0.5, 0.6) is 0 Å². The predicted molar refractivity (Wildman–Crippen MR) is 78.3 cm³/mol. The Kier molecular flexibility index (Phi) is 5.23. The molecule has 1 aromatic carbocycles. The molecule has 19 heavy (non-hydrogen) atoms. The van der Waals surface area contributed by atoms with Gasteiger partial charge in [0.2, 0.25) is 0 Å². The van der Waals surface area contributed by atoms with Crippen LogP contribution in [0.2, 0.25) is 0 Å². The number of benzene rings is 1. The fourth-order valence-corrected chi connectivity index (χ4v) is 2.98. The van der Waals surface area contributed by atoms with Gasteiger partial charge in [0, 0.05) is 30.9 Å². The Hall–Kier alpha value is -1.06. The maximum atomic E-state index is 10.1. The SMILES string of the molecule is CCC(O)c1ccccc1N1CCCC(CCO)C1. The number of nitrogens with zero attached hydrogens (tertiary/aromatic N) is 1. The molecule has 2 rings (SSSR count). The lowest BCUT2D eigenvalue weighted by Gasteiger charge is -2.36. The van der Waals surface area contributed by atoms with E-state index in [0.717, 1.165) is 31.5 Å². The molecule has 1 heterocycles. The summed E-state index contributed by atoms with van der Waals surface area (Å²) in [4.78, 5) is 2.37. The second kappa shape index (κ2) is 6.92. The van der Waals surface area contributed by atoms with Crippen LogP contribution in [0.15, 0.2) is 24.3 Å². The fourth-order valence-electron chi connectivity index (χ4n) is 2.98. The van der Waals surface area contributed by atoms with Gasteiger partial charge in [-0.3, -0.25) is 0 Å². The van der Waals surface area contributed by atoms with Crippen LogP contribution < -0.4 is 4.90 Å².